The third kappa shape index (κ3) is 4.54. The summed E-state index contributed by atoms with van der Waals surface area (Å²) < 4.78 is 15.3. The summed E-state index contributed by atoms with van der Waals surface area (Å²) in [6.07, 6.45) is 3.47. The standard InChI is InChI=1S/C24H23FN4O/c1-17-6-2-3-7-20(17)28-23(30)10-4-9-22-27-21-8-5-15-26-24(21)29(22)16-18-11-13-19(25)14-12-18/h2-3,5-8,11-15H,4,9-10,16H2,1H3,(H,28,30). The molecular weight excluding hydrogens is 379 g/mol. The molecule has 152 valence electrons. The maximum atomic E-state index is 13.3. The van der Waals surface area contributed by atoms with Gasteiger partial charge in [-0.3, -0.25) is 4.79 Å². The van der Waals surface area contributed by atoms with E-state index in [1.54, 1.807) is 18.3 Å². The number of nitrogens with one attached hydrogen (secondary N) is 1. The van der Waals surface area contributed by atoms with Crippen molar-refractivity contribution < 1.29 is 9.18 Å². The first-order chi connectivity index (χ1) is 14.6. The van der Waals surface area contributed by atoms with Gasteiger partial charge < -0.3 is 9.88 Å². The van der Waals surface area contributed by atoms with Crippen molar-refractivity contribution in [2.45, 2.75) is 32.7 Å². The summed E-state index contributed by atoms with van der Waals surface area (Å²) in [5, 5.41) is 2.97. The molecule has 0 unspecified atom stereocenters. The molecule has 0 bridgehead atoms. The lowest BCUT2D eigenvalue weighted by molar-refractivity contribution is -0.116. The number of amides is 1. The van der Waals surface area contributed by atoms with Crippen LogP contribution >= 0.6 is 0 Å². The largest absolute Gasteiger partial charge is 0.326 e. The van der Waals surface area contributed by atoms with E-state index in [2.05, 4.69) is 10.3 Å². The lowest BCUT2D eigenvalue weighted by Gasteiger charge is -2.10. The van der Waals surface area contributed by atoms with Crippen LogP contribution < -0.4 is 5.32 Å². The molecule has 0 aliphatic carbocycles. The lowest BCUT2D eigenvalue weighted by atomic mass is 10.1. The van der Waals surface area contributed by atoms with Crippen LogP contribution in [0, 0.1) is 12.7 Å². The molecule has 2 heterocycles. The Hall–Kier alpha value is -3.54. The average Bonchev–Trinajstić information content (AvgIpc) is 3.09. The molecule has 1 amide bonds. The van der Waals surface area contributed by atoms with Crippen molar-refractivity contribution in [3.63, 3.8) is 0 Å². The van der Waals surface area contributed by atoms with Crippen molar-refractivity contribution in [1.82, 2.24) is 14.5 Å². The molecule has 5 nitrogen and oxygen atoms in total. The number of aromatic nitrogens is 3. The number of benzene rings is 2. The second-order valence-corrected chi connectivity index (χ2v) is 7.30. The van der Waals surface area contributed by atoms with Gasteiger partial charge in [0.15, 0.2) is 5.65 Å². The number of para-hydroxylation sites is 1. The molecule has 0 fully saturated rings. The molecule has 4 rings (SSSR count). The lowest BCUT2D eigenvalue weighted by Crippen LogP contribution is -2.13. The van der Waals surface area contributed by atoms with Gasteiger partial charge in [-0.15, -0.1) is 0 Å². The Kier molecular flexibility index (Phi) is 5.84. The summed E-state index contributed by atoms with van der Waals surface area (Å²) in [7, 11) is 0. The zero-order valence-corrected chi connectivity index (χ0v) is 16.8. The Balaban J connectivity index is 1.46. The van der Waals surface area contributed by atoms with Crippen molar-refractivity contribution in [3.05, 3.63) is 89.6 Å². The maximum absolute atomic E-state index is 13.3. The van der Waals surface area contributed by atoms with Gasteiger partial charge in [0.2, 0.25) is 5.91 Å². The van der Waals surface area contributed by atoms with Crippen LogP contribution in [0.15, 0.2) is 66.9 Å². The summed E-state index contributed by atoms with van der Waals surface area (Å²) in [6, 6.07) is 18.0. The van der Waals surface area contributed by atoms with Gasteiger partial charge in [0.05, 0.1) is 6.54 Å². The third-order valence-electron chi connectivity index (χ3n) is 5.06. The van der Waals surface area contributed by atoms with Crippen LogP contribution in [0.4, 0.5) is 10.1 Å². The number of halogens is 1. The molecule has 0 atom stereocenters. The second kappa shape index (κ2) is 8.86. The van der Waals surface area contributed by atoms with E-state index in [-0.39, 0.29) is 11.7 Å². The highest BCUT2D eigenvalue weighted by Crippen LogP contribution is 2.19. The number of aryl methyl sites for hydroxylation is 2. The van der Waals surface area contributed by atoms with Crippen molar-refractivity contribution in [2.75, 3.05) is 5.32 Å². The molecule has 0 saturated carbocycles. The van der Waals surface area contributed by atoms with Gasteiger partial charge in [-0.2, -0.15) is 0 Å². The highest BCUT2D eigenvalue weighted by molar-refractivity contribution is 5.91. The molecular formula is C24H23FN4O. The van der Waals surface area contributed by atoms with E-state index >= 15 is 0 Å². The van der Waals surface area contributed by atoms with E-state index in [0.717, 1.165) is 33.8 Å². The number of anilines is 1. The SMILES string of the molecule is Cc1ccccc1NC(=O)CCCc1nc2cccnc2n1Cc1ccc(F)cc1. The number of carbonyl (C=O) groups is 1. The van der Waals surface area contributed by atoms with E-state index in [0.29, 0.717) is 25.8 Å². The minimum atomic E-state index is -0.257. The molecule has 4 aromatic rings. The van der Waals surface area contributed by atoms with E-state index in [9.17, 15) is 9.18 Å². The van der Waals surface area contributed by atoms with Crippen molar-refractivity contribution in [2.24, 2.45) is 0 Å². The quantitative estimate of drug-likeness (QED) is 0.479. The van der Waals surface area contributed by atoms with Crippen LogP contribution in [0.1, 0.15) is 29.8 Å². The first-order valence-corrected chi connectivity index (χ1v) is 10.0. The molecule has 0 aliphatic rings. The second-order valence-electron chi connectivity index (χ2n) is 7.30. The van der Waals surface area contributed by atoms with Crippen LogP contribution in [0.25, 0.3) is 11.2 Å². The van der Waals surface area contributed by atoms with Crippen molar-refractivity contribution >= 4 is 22.8 Å². The topological polar surface area (TPSA) is 59.8 Å². The number of hydrogen-bond donors (Lipinski definition) is 1. The fourth-order valence-corrected chi connectivity index (χ4v) is 3.47. The number of rotatable bonds is 7. The predicted molar refractivity (Wildman–Crippen MR) is 116 cm³/mol. The number of pyridine rings is 1. The highest BCUT2D eigenvalue weighted by atomic mass is 19.1. The zero-order valence-electron chi connectivity index (χ0n) is 16.8. The summed E-state index contributed by atoms with van der Waals surface area (Å²) in [6.45, 7) is 2.53. The molecule has 6 heteroatoms. The summed E-state index contributed by atoms with van der Waals surface area (Å²) >= 11 is 0. The molecule has 0 radical (unpaired) electrons. The fraction of sp³-hybridized carbons (Fsp3) is 0.208. The van der Waals surface area contributed by atoms with Gasteiger partial charge in [-0.05, 0) is 54.8 Å². The monoisotopic (exact) mass is 402 g/mol. The smallest absolute Gasteiger partial charge is 0.224 e. The number of fused-ring (bicyclic) bond motifs is 1. The van der Waals surface area contributed by atoms with E-state index in [4.69, 9.17) is 4.98 Å². The van der Waals surface area contributed by atoms with E-state index in [1.807, 2.05) is 47.9 Å². The normalized spacial score (nSPS) is 11.0. The Labute approximate surface area is 174 Å². The Bertz CT molecular complexity index is 1170. The number of hydrogen-bond acceptors (Lipinski definition) is 3. The summed E-state index contributed by atoms with van der Waals surface area (Å²) in [5.74, 6) is 0.604. The molecule has 30 heavy (non-hydrogen) atoms. The molecule has 2 aromatic carbocycles. The van der Waals surface area contributed by atoms with Gasteiger partial charge in [0, 0.05) is 24.7 Å². The molecule has 0 saturated heterocycles. The maximum Gasteiger partial charge on any atom is 0.224 e. The first-order valence-electron chi connectivity index (χ1n) is 10.0. The van der Waals surface area contributed by atoms with E-state index in [1.165, 1.54) is 12.1 Å². The summed E-state index contributed by atoms with van der Waals surface area (Å²) in [5.41, 5.74) is 4.47. The van der Waals surface area contributed by atoms with Crippen molar-refractivity contribution in [1.29, 1.82) is 0 Å². The minimum absolute atomic E-state index is 0.0105. The van der Waals surface area contributed by atoms with Gasteiger partial charge >= 0.3 is 0 Å². The number of carbonyl (C=O) groups excluding carboxylic acids is 1. The Morgan fingerprint density at radius 1 is 1.07 bits per heavy atom. The summed E-state index contributed by atoms with van der Waals surface area (Å²) in [4.78, 5) is 21.5. The van der Waals surface area contributed by atoms with Crippen molar-refractivity contribution in [3.8, 4) is 0 Å². The Morgan fingerprint density at radius 3 is 2.67 bits per heavy atom. The number of nitrogens with zero attached hydrogens (tertiary/aromatic N) is 3. The molecule has 1 N–H and O–H groups in total. The van der Waals surface area contributed by atoms with Crippen LogP contribution in [0.5, 0.6) is 0 Å². The van der Waals surface area contributed by atoms with Gasteiger partial charge in [-0.25, -0.2) is 14.4 Å². The zero-order chi connectivity index (χ0) is 20.9. The van der Waals surface area contributed by atoms with Crippen LogP contribution in [0.3, 0.4) is 0 Å². The predicted octanol–water partition coefficient (Wildman–Crippen LogP) is 4.89. The highest BCUT2D eigenvalue weighted by Gasteiger charge is 2.13. The van der Waals surface area contributed by atoms with Gasteiger partial charge in [-0.1, -0.05) is 30.3 Å². The molecule has 0 spiro atoms. The Morgan fingerprint density at radius 2 is 1.87 bits per heavy atom. The van der Waals surface area contributed by atoms with Crippen LogP contribution in [-0.2, 0) is 17.8 Å². The average molecular weight is 402 g/mol. The number of imidazole rings is 1. The van der Waals surface area contributed by atoms with Gasteiger partial charge in [0.1, 0.15) is 17.2 Å². The van der Waals surface area contributed by atoms with Crippen LogP contribution in [0.2, 0.25) is 0 Å². The minimum Gasteiger partial charge on any atom is -0.326 e. The molecule has 0 aliphatic heterocycles. The van der Waals surface area contributed by atoms with E-state index < -0.39 is 0 Å². The third-order valence-corrected chi connectivity index (χ3v) is 5.06. The fourth-order valence-electron chi connectivity index (χ4n) is 3.47. The van der Waals surface area contributed by atoms with Gasteiger partial charge in [0.25, 0.3) is 0 Å². The first kappa shape index (κ1) is 19.8. The van der Waals surface area contributed by atoms with Crippen LogP contribution in [-0.4, -0.2) is 20.4 Å². The molecule has 2 aromatic heterocycles.